The van der Waals surface area contributed by atoms with E-state index in [-0.39, 0.29) is 11.3 Å². The normalized spacial score (nSPS) is 10.5. The topological polar surface area (TPSA) is 76.2 Å². The van der Waals surface area contributed by atoms with Gasteiger partial charge in [0.15, 0.2) is 0 Å². The first-order valence-corrected chi connectivity index (χ1v) is 4.48. The molecule has 1 aromatic heterocycles. The van der Waals surface area contributed by atoms with Crippen LogP contribution in [0.1, 0.15) is 15.9 Å². The van der Waals surface area contributed by atoms with Crippen molar-refractivity contribution in [2.24, 2.45) is 0 Å². The van der Waals surface area contributed by atoms with Crippen molar-refractivity contribution in [3.8, 4) is 0 Å². The molecular formula is C11H10N2O2. The molecule has 0 atom stereocenters. The van der Waals surface area contributed by atoms with Crippen LogP contribution in [0.3, 0.4) is 0 Å². The van der Waals surface area contributed by atoms with Gasteiger partial charge in [-0.1, -0.05) is 18.2 Å². The molecule has 4 nitrogen and oxygen atoms in total. The standard InChI is InChI=1S/C11H10N2O2/c1-6-3-2-4-7-9(12)8(11(14)15)5-13-10(6)7/h2-5H,1H3,(H2,12,13)(H,14,15). The van der Waals surface area contributed by atoms with Gasteiger partial charge in [-0.05, 0) is 12.5 Å². The number of carbonyl (C=O) groups is 1. The van der Waals surface area contributed by atoms with Gasteiger partial charge < -0.3 is 10.8 Å². The van der Waals surface area contributed by atoms with Crippen molar-refractivity contribution < 1.29 is 9.90 Å². The Morgan fingerprint density at radius 3 is 2.87 bits per heavy atom. The van der Waals surface area contributed by atoms with Gasteiger partial charge >= 0.3 is 5.97 Å². The summed E-state index contributed by atoms with van der Waals surface area (Å²) in [5.74, 6) is -1.05. The van der Waals surface area contributed by atoms with Gasteiger partial charge in [0.25, 0.3) is 0 Å². The number of pyridine rings is 1. The number of aromatic carboxylic acids is 1. The number of nitrogen functional groups attached to an aromatic ring is 1. The Balaban J connectivity index is 2.86. The number of rotatable bonds is 1. The van der Waals surface area contributed by atoms with Crippen molar-refractivity contribution in [2.75, 3.05) is 5.73 Å². The monoisotopic (exact) mass is 202 g/mol. The Morgan fingerprint density at radius 1 is 1.47 bits per heavy atom. The van der Waals surface area contributed by atoms with Crippen LogP contribution in [0.5, 0.6) is 0 Å². The number of hydrogen-bond donors (Lipinski definition) is 2. The van der Waals surface area contributed by atoms with Crippen molar-refractivity contribution in [3.63, 3.8) is 0 Å². The van der Waals surface area contributed by atoms with Gasteiger partial charge in [0, 0.05) is 11.6 Å². The van der Waals surface area contributed by atoms with Crippen LogP contribution in [0.4, 0.5) is 5.69 Å². The van der Waals surface area contributed by atoms with Crippen LogP contribution in [0, 0.1) is 6.92 Å². The number of anilines is 1. The molecule has 0 saturated heterocycles. The Labute approximate surface area is 86.4 Å². The van der Waals surface area contributed by atoms with Crippen LogP contribution in [-0.2, 0) is 0 Å². The van der Waals surface area contributed by atoms with Crippen LogP contribution in [-0.4, -0.2) is 16.1 Å². The largest absolute Gasteiger partial charge is 0.478 e. The summed E-state index contributed by atoms with van der Waals surface area (Å²) in [7, 11) is 0. The summed E-state index contributed by atoms with van der Waals surface area (Å²) in [4.78, 5) is 14.9. The molecular weight excluding hydrogens is 192 g/mol. The van der Waals surface area contributed by atoms with E-state index in [0.717, 1.165) is 11.1 Å². The molecule has 0 aliphatic rings. The van der Waals surface area contributed by atoms with Crippen LogP contribution in [0.25, 0.3) is 10.9 Å². The van der Waals surface area contributed by atoms with E-state index >= 15 is 0 Å². The molecule has 76 valence electrons. The maximum absolute atomic E-state index is 10.8. The van der Waals surface area contributed by atoms with Gasteiger partial charge in [0.1, 0.15) is 5.56 Å². The molecule has 0 radical (unpaired) electrons. The number of benzene rings is 1. The average Bonchev–Trinajstić information content (AvgIpc) is 2.19. The molecule has 0 aliphatic heterocycles. The minimum absolute atomic E-state index is 0.0492. The zero-order valence-electron chi connectivity index (χ0n) is 8.19. The van der Waals surface area contributed by atoms with E-state index in [1.807, 2.05) is 19.1 Å². The minimum atomic E-state index is -1.05. The van der Waals surface area contributed by atoms with Crippen LogP contribution >= 0.6 is 0 Å². The zero-order chi connectivity index (χ0) is 11.0. The summed E-state index contributed by atoms with van der Waals surface area (Å²) < 4.78 is 0. The van der Waals surface area contributed by atoms with Crippen LogP contribution < -0.4 is 5.73 Å². The molecule has 3 N–H and O–H groups in total. The second-order valence-electron chi connectivity index (χ2n) is 3.36. The van der Waals surface area contributed by atoms with Crippen molar-refractivity contribution in [1.29, 1.82) is 0 Å². The van der Waals surface area contributed by atoms with Crippen LogP contribution in [0.2, 0.25) is 0 Å². The molecule has 2 rings (SSSR count). The number of carboxylic acid groups (broad SMARTS) is 1. The van der Waals surface area contributed by atoms with E-state index < -0.39 is 5.97 Å². The number of nitrogens with two attached hydrogens (primary N) is 1. The van der Waals surface area contributed by atoms with E-state index in [0.29, 0.717) is 5.39 Å². The quantitative estimate of drug-likeness (QED) is 0.739. The first-order valence-electron chi connectivity index (χ1n) is 4.48. The molecule has 1 heterocycles. The number of carboxylic acids is 1. The average molecular weight is 202 g/mol. The summed E-state index contributed by atoms with van der Waals surface area (Å²) in [5, 5.41) is 9.56. The van der Waals surface area contributed by atoms with E-state index in [4.69, 9.17) is 10.8 Å². The van der Waals surface area contributed by atoms with Crippen molar-refractivity contribution >= 4 is 22.6 Å². The SMILES string of the molecule is Cc1cccc2c(N)c(C(=O)O)cnc12. The molecule has 0 amide bonds. The minimum Gasteiger partial charge on any atom is -0.478 e. The van der Waals surface area contributed by atoms with E-state index in [1.165, 1.54) is 6.20 Å². The lowest BCUT2D eigenvalue weighted by atomic mass is 10.1. The predicted octanol–water partition coefficient (Wildman–Crippen LogP) is 1.82. The zero-order valence-corrected chi connectivity index (χ0v) is 8.19. The number of para-hydroxylation sites is 1. The fourth-order valence-electron chi connectivity index (χ4n) is 1.56. The van der Waals surface area contributed by atoms with Gasteiger partial charge in [0.2, 0.25) is 0 Å². The maximum atomic E-state index is 10.8. The third kappa shape index (κ3) is 1.40. The highest BCUT2D eigenvalue weighted by Gasteiger charge is 2.12. The number of fused-ring (bicyclic) bond motifs is 1. The first kappa shape index (κ1) is 9.45. The molecule has 4 heteroatoms. The van der Waals surface area contributed by atoms with Gasteiger partial charge in [0.05, 0.1) is 11.2 Å². The summed E-state index contributed by atoms with van der Waals surface area (Å²) in [6, 6.07) is 5.52. The Morgan fingerprint density at radius 2 is 2.20 bits per heavy atom. The Kier molecular flexibility index (Phi) is 2.04. The van der Waals surface area contributed by atoms with Gasteiger partial charge in [-0.15, -0.1) is 0 Å². The van der Waals surface area contributed by atoms with Gasteiger partial charge in [-0.3, -0.25) is 4.98 Å². The molecule has 0 fully saturated rings. The number of aryl methyl sites for hydroxylation is 1. The fourth-order valence-corrected chi connectivity index (χ4v) is 1.56. The smallest absolute Gasteiger partial charge is 0.339 e. The molecule has 1 aromatic carbocycles. The molecule has 0 unspecified atom stereocenters. The van der Waals surface area contributed by atoms with Gasteiger partial charge in [-0.25, -0.2) is 4.79 Å². The third-order valence-corrected chi connectivity index (χ3v) is 2.37. The maximum Gasteiger partial charge on any atom is 0.339 e. The summed E-state index contributed by atoms with van der Waals surface area (Å²) >= 11 is 0. The highest BCUT2D eigenvalue weighted by atomic mass is 16.4. The van der Waals surface area contributed by atoms with Crippen molar-refractivity contribution in [1.82, 2.24) is 4.98 Å². The molecule has 0 bridgehead atoms. The summed E-state index contributed by atoms with van der Waals surface area (Å²) in [6.07, 6.45) is 1.30. The lowest BCUT2D eigenvalue weighted by Crippen LogP contribution is -2.04. The number of nitrogens with zero attached hydrogens (tertiary/aromatic N) is 1. The Bertz CT molecular complexity index is 550. The Hall–Kier alpha value is -2.10. The third-order valence-electron chi connectivity index (χ3n) is 2.37. The molecule has 15 heavy (non-hydrogen) atoms. The van der Waals surface area contributed by atoms with Crippen LogP contribution in [0.15, 0.2) is 24.4 Å². The molecule has 0 saturated carbocycles. The van der Waals surface area contributed by atoms with Crippen molar-refractivity contribution in [3.05, 3.63) is 35.5 Å². The number of hydrogen-bond acceptors (Lipinski definition) is 3. The molecule has 0 spiro atoms. The van der Waals surface area contributed by atoms with Gasteiger partial charge in [-0.2, -0.15) is 0 Å². The lowest BCUT2D eigenvalue weighted by Gasteiger charge is -2.06. The predicted molar refractivity (Wildman–Crippen MR) is 57.9 cm³/mol. The first-order chi connectivity index (χ1) is 7.11. The van der Waals surface area contributed by atoms with E-state index in [9.17, 15) is 4.79 Å². The number of aromatic nitrogens is 1. The van der Waals surface area contributed by atoms with E-state index in [2.05, 4.69) is 4.98 Å². The summed E-state index contributed by atoms with van der Waals surface area (Å²) in [6.45, 7) is 1.91. The second kappa shape index (κ2) is 3.24. The van der Waals surface area contributed by atoms with Crippen molar-refractivity contribution in [2.45, 2.75) is 6.92 Å². The fraction of sp³-hybridized carbons (Fsp3) is 0.0909. The highest BCUT2D eigenvalue weighted by Crippen LogP contribution is 2.24. The summed E-state index contributed by atoms with van der Waals surface area (Å²) in [5.41, 5.74) is 7.82. The molecule has 0 aliphatic carbocycles. The lowest BCUT2D eigenvalue weighted by molar-refractivity contribution is 0.0698. The molecule has 2 aromatic rings. The highest BCUT2D eigenvalue weighted by molar-refractivity contribution is 6.03. The van der Waals surface area contributed by atoms with E-state index in [1.54, 1.807) is 6.07 Å². The second-order valence-corrected chi connectivity index (χ2v) is 3.36.